The maximum Gasteiger partial charge on any atom is 0.335 e. The Morgan fingerprint density at radius 3 is 2.20 bits per heavy atom. The standard InChI is InChI=1S/C14H13ClO5/c1-7(13(17)18)9-5-3-4-6-10(9)12(15)11(8(2)16)14(19)20/h3-6,11-12H,1H2,2H3,(H,17,18)(H,19,20). The van der Waals surface area contributed by atoms with Gasteiger partial charge in [-0.15, -0.1) is 11.6 Å². The molecule has 106 valence electrons. The molecule has 0 aliphatic carbocycles. The molecule has 6 heteroatoms. The molecule has 0 heterocycles. The average Bonchev–Trinajstić information content (AvgIpc) is 2.36. The molecule has 5 nitrogen and oxygen atoms in total. The third kappa shape index (κ3) is 3.24. The minimum atomic E-state index is -1.44. The van der Waals surface area contributed by atoms with Gasteiger partial charge in [0.15, 0.2) is 0 Å². The highest BCUT2D eigenvalue weighted by Gasteiger charge is 2.33. The van der Waals surface area contributed by atoms with Gasteiger partial charge in [-0.2, -0.15) is 0 Å². The fourth-order valence-corrected chi connectivity index (χ4v) is 2.29. The summed E-state index contributed by atoms with van der Waals surface area (Å²) in [5.41, 5.74) is 0.260. The molecule has 0 aliphatic heterocycles. The number of halogens is 1. The zero-order valence-electron chi connectivity index (χ0n) is 10.7. The molecular weight excluding hydrogens is 284 g/mol. The quantitative estimate of drug-likeness (QED) is 0.477. The Balaban J connectivity index is 3.32. The van der Waals surface area contributed by atoms with Gasteiger partial charge in [-0.25, -0.2) is 4.79 Å². The van der Waals surface area contributed by atoms with Crippen LogP contribution in [0.2, 0.25) is 0 Å². The van der Waals surface area contributed by atoms with Gasteiger partial charge in [-0.05, 0) is 18.1 Å². The van der Waals surface area contributed by atoms with E-state index >= 15 is 0 Å². The number of carboxylic acids is 2. The predicted molar refractivity (Wildman–Crippen MR) is 73.5 cm³/mol. The maximum atomic E-state index is 11.4. The number of ketones is 1. The summed E-state index contributed by atoms with van der Waals surface area (Å²) in [6, 6.07) is 6.13. The van der Waals surface area contributed by atoms with Crippen LogP contribution in [-0.4, -0.2) is 27.9 Å². The molecule has 0 radical (unpaired) electrons. The molecule has 20 heavy (non-hydrogen) atoms. The number of hydrogen-bond acceptors (Lipinski definition) is 3. The second kappa shape index (κ2) is 6.34. The molecule has 0 aromatic heterocycles. The van der Waals surface area contributed by atoms with E-state index in [9.17, 15) is 14.4 Å². The summed E-state index contributed by atoms with van der Waals surface area (Å²) in [5.74, 6) is -4.64. The Labute approximate surface area is 120 Å². The lowest BCUT2D eigenvalue weighted by atomic mass is 9.90. The van der Waals surface area contributed by atoms with E-state index in [0.29, 0.717) is 0 Å². The van der Waals surface area contributed by atoms with Crippen LogP contribution in [0.5, 0.6) is 0 Å². The third-order valence-electron chi connectivity index (χ3n) is 2.84. The zero-order valence-corrected chi connectivity index (χ0v) is 11.4. The van der Waals surface area contributed by atoms with Crippen molar-refractivity contribution in [3.8, 4) is 0 Å². The van der Waals surface area contributed by atoms with Crippen LogP contribution in [0.3, 0.4) is 0 Å². The van der Waals surface area contributed by atoms with Crippen LogP contribution in [0.1, 0.15) is 23.4 Å². The molecule has 0 spiro atoms. The summed E-state index contributed by atoms with van der Waals surface area (Å²) in [4.78, 5) is 33.5. The van der Waals surface area contributed by atoms with Crippen molar-refractivity contribution in [2.24, 2.45) is 5.92 Å². The first-order chi connectivity index (χ1) is 9.27. The first kappa shape index (κ1) is 15.9. The van der Waals surface area contributed by atoms with Gasteiger partial charge in [0.05, 0.1) is 11.0 Å². The fraction of sp³-hybridized carbons (Fsp3) is 0.214. The lowest BCUT2D eigenvalue weighted by molar-refractivity contribution is -0.145. The van der Waals surface area contributed by atoms with E-state index < -0.39 is 29.0 Å². The predicted octanol–water partition coefficient (Wildman–Crippen LogP) is 2.35. The van der Waals surface area contributed by atoms with E-state index in [1.807, 2.05) is 0 Å². The number of carboxylic acid groups (broad SMARTS) is 2. The number of rotatable bonds is 6. The van der Waals surface area contributed by atoms with Gasteiger partial charge in [-0.3, -0.25) is 9.59 Å². The second-order valence-electron chi connectivity index (χ2n) is 4.20. The number of carbonyl (C=O) groups is 3. The number of benzene rings is 1. The van der Waals surface area contributed by atoms with Crippen molar-refractivity contribution >= 4 is 34.9 Å². The molecule has 2 N–H and O–H groups in total. The molecular formula is C14H13ClO5. The van der Waals surface area contributed by atoms with Crippen molar-refractivity contribution in [2.45, 2.75) is 12.3 Å². The molecule has 0 aliphatic rings. The SMILES string of the molecule is C=C(C(=O)O)c1ccccc1C(Cl)C(C(C)=O)C(=O)O. The molecule has 1 aromatic carbocycles. The van der Waals surface area contributed by atoms with Gasteiger partial charge in [0.25, 0.3) is 0 Å². The van der Waals surface area contributed by atoms with Crippen LogP contribution < -0.4 is 0 Å². The monoisotopic (exact) mass is 296 g/mol. The summed E-state index contributed by atoms with van der Waals surface area (Å²) < 4.78 is 0. The first-order valence-electron chi connectivity index (χ1n) is 5.66. The largest absolute Gasteiger partial charge is 0.481 e. The van der Waals surface area contributed by atoms with Crippen LogP contribution >= 0.6 is 11.6 Å². The minimum Gasteiger partial charge on any atom is -0.481 e. The van der Waals surface area contributed by atoms with Crippen molar-refractivity contribution in [1.82, 2.24) is 0 Å². The third-order valence-corrected chi connectivity index (χ3v) is 3.32. The Hall–Kier alpha value is -2.14. The molecule has 2 unspecified atom stereocenters. The molecule has 2 atom stereocenters. The Morgan fingerprint density at radius 2 is 1.75 bits per heavy atom. The zero-order chi connectivity index (χ0) is 15.4. The smallest absolute Gasteiger partial charge is 0.335 e. The van der Waals surface area contributed by atoms with Crippen LogP contribution in [0.4, 0.5) is 0 Å². The summed E-state index contributed by atoms with van der Waals surface area (Å²) >= 11 is 6.08. The van der Waals surface area contributed by atoms with Crippen molar-refractivity contribution in [3.05, 3.63) is 42.0 Å². The number of carbonyl (C=O) groups excluding carboxylic acids is 1. The Bertz CT molecular complexity index is 565. The lowest BCUT2D eigenvalue weighted by Crippen LogP contribution is -2.26. The summed E-state index contributed by atoms with van der Waals surface area (Å²) in [6.45, 7) is 4.55. The van der Waals surface area contributed by atoms with Crippen LogP contribution in [0.25, 0.3) is 5.57 Å². The van der Waals surface area contributed by atoms with E-state index in [4.69, 9.17) is 21.8 Å². The molecule has 0 bridgehead atoms. The molecule has 0 fully saturated rings. The van der Waals surface area contributed by atoms with E-state index in [-0.39, 0.29) is 16.7 Å². The van der Waals surface area contributed by atoms with Crippen LogP contribution in [0.15, 0.2) is 30.8 Å². The van der Waals surface area contributed by atoms with Gasteiger partial charge >= 0.3 is 11.9 Å². The highest BCUT2D eigenvalue weighted by Crippen LogP contribution is 2.34. The van der Waals surface area contributed by atoms with Gasteiger partial charge in [0, 0.05) is 0 Å². The van der Waals surface area contributed by atoms with Crippen molar-refractivity contribution < 1.29 is 24.6 Å². The number of aliphatic carboxylic acids is 2. The topological polar surface area (TPSA) is 91.7 Å². The highest BCUT2D eigenvalue weighted by molar-refractivity contribution is 6.25. The van der Waals surface area contributed by atoms with Gasteiger partial charge in [0.1, 0.15) is 11.7 Å². The van der Waals surface area contributed by atoms with E-state index in [1.54, 1.807) is 12.1 Å². The summed E-state index contributed by atoms with van der Waals surface area (Å²) in [5, 5.41) is 16.9. The Morgan fingerprint density at radius 1 is 1.20 bits per heavy atom. The fourth-order valence-electron chi connectivity index (χ4n) is 1.81. The van der Waals surface area contributed by atoms with E-state index in [2.05, 4.69) is 6.58 Å². The number of alkyl halides is 1. The van der Waals surface area contributed by atoms with Gasteiger partial charge in [-0.1, -0.05) is 30.8 Å². The minimum absolute atomic E-state index is 0.209. The molecule has 1 rings (SSSR count). The Kier molecular flexibility index (Phi) is 5.05. The van der Waals surface area contributed by atoms with Gasteiger partial charge < -0.3 is 10.2 Å². The molecule has 0 saturated carbocycles. The molecule has 1 aromatic rings. The second-order valence-corrected chi connectivity index (χ2v) is 4.67. The van der Waals surface area contributed by atoms with E-state index in [1.165, 1.54) is 12.1 Å². The van der Waals surface area contributed by atoms with Crippen molar-refractivity contribution in [2.75, 3.05) is 0 Å². The number of Topliss-reactive ketones (excluding diaryl/α,β-unsaturated/α-hetero) is 1. The lowest BCUT2D eigenvalue weighted by Gasteiger charge is -2.19. The normalized spacial score (nSPS) is 13.3. The van der Waals surface area contributed by atoms with E-state index in [0.717, 1.165) is 6.92 Å². The summed E-state index contributed by atoms with van der Waals surface area (Å²) in [6.07, 6.45) is 0. The van der Waals surface area contributed by atoms with Crippen molar-refractivity contribution in [3.63, 3.8) is 0 Å². The maximum absolute atomic E-state index is 11.4. The highest BCUT2D eigenvalue weighted by atomic mass is 35.5. The molecule has 0 saturated heterocycles. The average molecular weight is 297 g/mol. The first-order valence-corrected chi connectivity index (χ1v) is 6.09. The van der Waals surface area contributed by atoms with Crippen LogP contribution in [0, 0.1) is 5.92 Å². The number of hydrogen-bond donors (Lipinski definition) is 2. The van der Waals surface area contributed by atoms with Crippen molar-refractivity contribution in [1.29, 1.82) is 0 Å². The molecule has 0 amide bonds. The van der Waals surface area contributed by atoms with Gasteiger partial charge in [0.2, 0.25) is 0 Å². The summed E-state index contributed by atoms with van der Waals surface area (Å²) in [7, 11) is 0. The van der Waals surface area contributed by atoms with Crippen LogP contribution in [-0.2, 0) is 14.4 Å².